The van der Waals surface area contributed by atoms with E-state index < -0.39 is 0 Å². The summed E-state index contributed by atoms with van der Waals surface area (Å²) in [6.45, 7) is 9.87. The minimum atomic E-state index is -0.269. The average Bonchev–Trinajstić information content (AvgIpc) is 2.76. The van der Waals surface area contributed by atoms with Gasteiger partial charge in [0, 0.05) is 11.5 Å². The molecular formula is C28H36O3. The number of carbonyl (C=O) groups is 1. The summed E-state index contributed by atoms with van der Waals surface area (Å²) in [7, 11) is 0. The van der Waals surface area contributed by atoms with Gasteiger partial charge in [0.05, 0.1) is 18.8 Å². The van der Waals surface area contributed by atoms with Crippen molar-refractivity contribution in [2.45, 2.75) is 71.1 Å². The first-order chi connectivity index (χ1) is 14.9. The second-order valence-electron chi connectivity index (χ2n) is 9.04. The van der Waals surface area contributed by atoms with Crippen LogP contribution in [-0.4, -0.2) is 19.2 Å². The summed E-state index contributed by atoms with van der Waals surface area (Å²) in [5, 5.41) is 0. The van der Waals surface area contributed by atoms with Crippen molar-refractivity contribution in [1.82, 2.24) is 0 Å². The summed E-state index contributed by atoms with van der Waals surface area (Å²) in [4.78, 5) is 11.9. The Labute approximate surface area is 187 Å². The maximum Gasteiger partial charge on any atom is 0.338 e. The molecule has 1 aliphatic rings. The zero-order chi connectivity index (χ0) is 22.3. The monoisotopic (exact) mass is 420 g/mol. The second-order valence-corrected chi connectivity index (χ2v) is 9.04. The molecule has 0 bridgehead atoms. The Balaban J connectivity index is 1.82. The highest BCUT2D eigenvalue weighted by atomic mass is 16.5. The summed E-state index contributed by atoms with van der Waals surface area (Å²) < 4.78 is 11.0. The predicted molar refractivity (Wildman–Crippen MR) is 128 cm³/mol. The molecule has 166 valence electrons. The molecule has 0 spiro atoms. The van der Waals surface area contributed by atoms with Gasteiger partial charge >= 0.3 is 5.97 Å². The fourth-order valence-electron chi connectivity index (χ4n) is 4.14. The van der Waals surface area contributed by atoms with Crippen LogP contribution >= 0.6 is 0 Å². The number of ether oxygens (including phenoxy) is 2. The van der Waals surface area contributed by atoms with Gasteiger partial charge in [-0.1, -0.05) is 76.5 Å². The zero-order valence-corrected chi connectivity index (χ0v) is 19.4. The van der Waals surface area contributed by atoms with Crippen molar-refractivity contribution in [3.05, 3.63) is 70.8 Å². The van der Waals surface area contributed by atoms with Crippen LogP contribution in [0.15, 0.2) is 48.5 Å². The van der Waals surface area contributed by atoms with E-state index in [4.69, 9.17) is 9.47 Å². The maximum absolute atomic E-state index is 11.9. The minimum absolute atomic E-state index is 0.143. The molecule has 0 amide bonds. The van der Waals surface area contributed by atoms with Gasteiger partial charge < -0.3 is 9.47 Å². The molecule has 1 aliphatic heterocycles. The molecule has 2 aromatic carbocycles. The van der Waals surface area contributed by atoms with E-state index in [-0.39, 0.29) is 11.4 Å². The molecule has 3 heteroatoms. The van der Waals surface area contributed by atoms with Crippen LogP contribution < -0.4 is 4.74 Å². The molecule has 31 heavy (non-hydrogen) atoms. The molecule has 0 aliphatic carbocycles. The molecule has 1 heterocycles. The average molecular weight is 421 g/mol. The molecular weight excluding hydrogens is 384 g/mol. The Hall–Kier alpha value is -2.55. The largest absolute Gasteiger partial charge is 0.493 e. The van der Waals surface area contributed by atoms with Crippen molar-refractivity contribution >= 4 is 12.0 Å². The number of allylic oxidation sites excluding steroid dienone is 1. The summed E-state index contributed by atoms with van der Waals surface area (Å²) in [6, 6.07) is 14.4. The van der Waals surface area contributed by atoms with E-state index in [9.17, 15) is 4.79 Å². The van der Waals surface area contributed by atoms with Gasteiger partial charge in [-0.2, -0.15) is 0 Å². The third kappa shape index (κ3) is 6.00. The fraction of sp³-hybridized carbons (Fsp3) is 0.464. The molecule has 0 radical (unpaired) electrons. The van der Waals surface area contributed by atoms with Gasteiger partial charge in [0.2, 0.25) is 0 Å². The van der Waals surface area contributed by atoms with Crippen LogP contribution in [-0.2, 0) is 10.2 Å². The van der Waals surface area contributed by atoms with Crippen LogP contribution in [0.2, 0.25) is 0 Å². The number of rotatable bonds is 9. The molecule has 3 nitrogen and oxygen atoms in total. The lowest BCUT2D eigenvalue weighted by Gasteiger charge is -2.33. The molecule has 3 rings (SSSR count). The number of benzene rings is 2. The van der Waals surface area contributed by atoms with Crippen LogP contribution in [0, 0.1) is 0 Å². The summed E-state index contributed by atoms with van der Waals surface area (Å²) in [5.74, 6) is 1.12. The van der Waals surface area contributed by atoms with Crippen molar-refractivity contribution in [3.63, 3.8) is 0 Å². The van der Waals surface area contributed by atoms with Crippen LogP contribution in [0.3, 0.4) is 0 Å². The Kier molecular flexibility index (Phi) is 7.95. The van der Waals surface area contributed by atoms with Crippen molar-refractivity contribution in [2.75, 3.05) is 13.2 Å². The molecule has 1 atom stereocenters. The molecule has 0 saturated heterocycles. The summed E-state index contributed by atoms with van der Waals surface area (Å²) >= 11 is 0. The van der Waals surface area contributed by atoms with Gasteiger partial charge in [-0.15, -0.1) is 0 Å². The van der Waals surface area contributed by atoms with Gasteiger partial charge in [0.1, 0.15) is 5.75 Å². The van der Waals surface area contributed by atoms with Gasteiger partial charge in [0.15, 0.2) is 0 Å². The minimum Gasteiger partial charge on any atom is -0.493 e. The first-order valence-electron chi connectivity index (χ1n) is 11.7. The quantitative estimate of drug-likeness (QED) is 0.315. The lowest BCUT2D eigenvalue weighted by Crippen LogP contribution is -2.26. The Morgan fingerprint density at radius 1 is 1.13 bits per heavy atom. The van der Waals surface area contributed by atoms with Crippen LogP contribution in [0.1, 0.15) is 92.8 Å². The van der Waals surface area contributed by atoms with E-state index in [2.05, 4.69) is 51.1 Å². The molecule has 0 aromatic heterocycles. The van der Waals surface area contributed by atoms with E-state index in [1.165, 1.54) is 30.4 Å². The number of fused-ring (bicyclic) bond motifs is 1. The number of unbranched alkanes of at least 4 members (excludes halogenated alkanes) is 2. The van der Waals surface area contributed by atoms with Gasteiger partial charge in [-0.3, -0.25) is 0 Å². The predicted octanol–water partition coefficient (Wildman–Crippen LogP) is 7.30. The Bertz CT molecular complexity index is 893. The number of carbonyl (C=O) groups excluding carboxylic acids is 1. The molecule has 1 unspecified atom stereocenters. The standard InChI is InChI=1S/C28H36O3/c1-5-7-8-9-22(13-10-21-11-14-23(15-12-21)27(29)30-6-2)24-16-17-26-25(20-24)28(3,4)18-19-31-26/h10-17,20,22H,5-9,18-19H2,1-4H3. The van der Waals surface area contributed by atoms with Crippen molar-refractivity contribution in [3.8, 4) is 5.75 Å². The number of hydrogen-bond donors (Lipinski definition) is 0. The smallest absolute Gasteiger partial charge is 0.338 e. The fourth-order valence-corrected chi connectivity index (χ4v) is 4.14. The number of esters is 1. The van der Waals surface area contributed by atoms with E-state index >= 15 is 0 Å². The van der Waals surface area contributed by atoms with E-state index in [1.54, 1.807) is 0 Å². The second kappa shape index (κ2) is 10.7. The molecule has 0 fully saturated rings. The summed E-state index contributed by atoms with van der Waals surface area (Å²) in [6.07, 6.45) is 10.3. The van der Waals surface area contributed by atoms with E-state index in [0.29, 0.717) is 18.1 Å². The molecule has 0 saturated carbocycles. The lowest BCUT2D eigenvalue weighted by molar-refractivity contribution is 0.0526. The zero-order valence-electron chi connectivity index (χ0n) is 19.4. The van der Waals surface area contributed by atoms with Gasteiger partial charge in [-0.05, 0) is 54.5 Å². The Morgan fingerprint density at radius 3 is 2.61 bits per heavy atom. The number of hydrogen-bond acceptors (Lipinski definition) is 3. The van der Waals surface area contributed by atoms with Crippen molar-refractivity contribution < 1.29 is 14.3 Å². The van der Waals surface area contributed by atoms with Gasteiger partial charge in [0.25, 0.3) is 0 Å². The highest BCUT2D eigenvalue weighted by Gasteiger charge is 2.29. The van der Waals surface area contributed by atoms with Crippen LogP contribution in [0.4, 0.5) is 0 Å². The lowest BCUT2D eigenvalue weighted by atomic mass is 9.78. The van der Waals surface area contributed by atoms with Gasteiger partial charge in [-0.25, -0.2) is 4.79 Å². The third-order valence-electron chi connectivity index (χ3n) is 6.21. The molecule has 0 N–H and O–H groups in total. The van der Waals surface area contributed by atoms with Crippen molar-refractivity contribution in [2.24, 2.45) is 0 Å². The summed E-state index contributed by atoms with van der Waals surface area (Å²) in [5.41, 5.74) is 4.51. The van der Waals surface area contributed by atoms with Crippen LogP contribution in [0.25, 0.3) is 6.08 Å². The Morgan fingerprint density at radius 2 is 1.90 bits per heavy atom. The first kappa shape index (κ1) is 23.1. The third-order valence-corrected chi connectivity index (χ3v) is 6.21. The maximum atomic E-state index is 11.9. The van der Waals surface area contributed by atoms with E-state index in [1.807, 2.05) is 31.2 Å². The SMILES string of the molecule is CCCCCC(C=Cc1ccc(C(=O)OCC)cc1)c1ccc2c(c1)C(C)(C)CCO2. The highest BCUT2D eigenvalue weighted by Crippen LogP contribution is 2.40. The normalized spacial score (nSPS) is 15.9. The van der Waals surface area contributed by atoms with Crippen molar-refractivity contribution in [1.29, 1.82) is 0 Å². The molecule has 2 aromatic rings. The van der Waals surface area contributed by atoms with E-state index in [0.717, 1.165) is 30.8 Å². The topological polar surface area (TPSA) is 35.5 Å². The van der Waals surface area contributed by atoms with Crippen LogP contribution in [0.5, 0.6) is 5.75 Å². The first-order valence-corrected chi connectivity index (χ1v) is 11.7. The highest BCUT2D eigenvalue weighted by molar-refractivity contribution is 5.89.